The van der Waals surface area contributed by atoms with Crippen LogP contribution in [0.1, 0.15) is 24.5 Å². The predicted molar refractivity (Wildman–Crippen MR) is 74.0 cm³/mol. The summed E-state index contributed by atoms with van der Waals surface area (Å²) in [6.45, 7) is 2.00. The zero-order valence-corrected chi connectivity index (χ0v) is 10.9. The summed E-state index contributed by atoms with van der Waals surface area (Å²) in [5, 5.41) is 20.3. The quantitative estimate of drug-likeness (QED) is 0.784. The molecule has 20 heavy (non-hydrogen) atoms. The van der Waals surface area contributed by atoms with Gasteiger partial charge in [-0.05, 0) is 31.2 Å². The van der Waals surface area contributed by atoms with Crippen molar-refractivity contribution in [3.8, 4) is 6.07 Å². The second-order valence-corrected chi connectivity index (χ2v) is 4.40. The van der Waals surface area contributed by atoms with E-state index in [1.807, 2.05) is 47.9 Å². The summed E-state index contributed by atoms with van der Waals surface area (Å²) in [5.41, 5.74) is 2.05. The van der Waals surface area contributed by atoms with Crippen LogP contribution in [0.25, 0.3) is 5.65 Å². The van der Waals surface area contributed by atoms with E-state index in [-0.39, 0.29) is 6.04 Å². The number of pyridine rings is 2. The van der Waals surface area contributed by atoms with E-state index >= 15 is 0 Å². The molecule has 0 spiro atoms. The second-order valence-electron chi connectivity index (χ2n) is 4.40. The third kappa shape index (κ3) is 2.17. The molecule has 0 saturated heterocycles. The number of hydrogen-bond donors (Lipinski definition) is 1. The monoisotopic (exact) mass is 264 g/mol. The van der Waals surface area contributed by atoms with Gasteiger partial charge < -0.3 is 5.32 Å². The average molecular weight is 264 g/mol. The van der Waals surface area contributed by atoms with Gasteiger partial charge in [-0.1, -0.05) is 6.07 Å². The van der Waals surface area contributed by atoms with Crippen LogP contribution in [0.15, 0.2) is 42.7 Å². The van der Waals surface area contributed by atoms with Gasteiger partial charge >= 0.3 is 0 Å². The average Bonchev–Trinajstić information content (AvgIpc) is 2.92. The van der Waals surface area contributed by atoms with Gasteiger partial charge in [0, 0.05) is 6.20 Å². The maximum atomic E-state index is 8.72. The number of rotatable bonds is 3. The highest BCUT2D eigenvalue weighted by molar-refractivity contribution is 5.45. The van der Waals surface area contributed by atoms with Crippen LogP contribution in [0.2, 0.25) is 0 Å². The first-order valence-electron chi connectivity index (χ1n) is 6.20. The van der Waals surface area contributed by atoms with E-state index in [1.54, 1.807) is 12.3 Å². The van der Waals surface area contributed by atoms with Gasteiger partial charge in [0.25, 0.3) is 0 Å². The van der Waals surface area contributed by atoms with E-state index in [9.17, 15) is 0 Å². The van der Waals surface area contributed by atoms with Crippen LogP contribution in [0.5, 0.6) is 0 Å². The van der Waals surface area contributed by atoms with E-state index in [1.165, 1.54) is 0 Å². The normalized spacial score (nSPS) is 12.0. The van der Waals surface area contributed by atoms with Gasteiger partial charge in [0.15, 0.2) is 11.5 Å². The van der Waals surface area contributed by atoms with Crippen molar-refractivity contribution in [3.63, 3.8) is 0 Å². The summed E-state index contributed by atoms with van der Waals surface area (Å²) in [5.74, 6) is 0.824. The Morgan fingerprint density at radius 3 is 2.90 bits per heavy atom. The number of nitrogens with one attached hydrogen (secondary N) is 1. The third-order valence-electron chi connectivity index (χ3n) is 2.99. The van der Waals surface area contributed by atoms with Gasteiger partial charge in [0.2, 0.25) is 0 Å². The van der Waals surface area contributed by atoms with Crippen LogP contribution in [-0.2, 0) is 0 Å². The molecular weight excluding hydrogens is 252 g/mol. The maximum Gasteiger partial charge on any atom is 0.160 e. The Labute approximate surface area is 115 Å². The Morgan fingerprint density at radius 2 is 2.15 bits per heavy atom. The predicted octanol–water partition coefficient (Wildman–Crippen LogP) is 2.17. The molecule has 3 aromatic heterocycles. The van der Waals surface area contributed by atoms with Crippen LogP contribution < -0.4 is 5.32 Å². The fraction of sp³-hybridized carbons (Fsp3) is 0.143. The molecule has 0 aromatic carbocycles. The molecule has 1 N–H and O–H groups in total. The molecule has 6 nitrogen and oxygen atoms in total. The number of hydrogen-bond acceptors (Lipinski definition) is 5. The number of fused-ring (bicyclic) bond motifs is 1. The molecule has 6 heteroatoms. The van der Waals surface area contributed by atoms with E-state index in [0.717, 1.165) is 17.2 Å². The van der Waals surface area contributed by atoms with Crippen molar-refractivity contribution in [3.05, 3.63) is 54.2 Å². The lowest BCUT2D eigenvalue weighted by atomic mass is 10.2. The van der Waals surface area contributed by atoms with Crippen LogP contribution in [0.3, 0.4) is 0 Å². The molecule has 0 bridgehead atoms. The summed E-state index contributed by atoms with van der Waals surface area (Å²) in [7, 11) is 0. The van der Waals surface area contributed by atoms with E-state index in [0.29, 0.717) is 5.69 Å². The zero-order valence-electron chi connectivity index (χ0n) is 10.9. The van der Waals surface area contributed by atoms with Crippen molar-refractivity contribution >= 4 is 11.3 Å². The van der Waals surface area contributed by atoms with Gasteiger partial charge in [0.05, 0.1) is 17.9 Å². The number of anilines is 1. The van der Waals surface area contributed by atoms with Crippen LogP contribution in [-0.4, -0.2) is 19.6 Å². The zero-order chi connectivity index (χ0) is 13.9. The van der Waals surface area contributed by atoms with E-state index in [2.05, 4.69) is 20.5 Å². The SMILES string of the molecule is CC(Nc1ccc(C#N)nc1)c1nnc2ccccn12. The minimum atomic E-state index is -0.0258. The van der Waals surface area contributed by atoms with Crippen molar-refractivity contribution in [2.24, 2.45) is 0 Å². The summed E-state index contributed by atoms with van der Waals surface area (Å²) in [4.78, 5) is 4.03. The molecule has 1 atom stereocenters. The number of aromatic nitrogens is 4. The first-order valence-corrected chi connectivity index (χ1v) is 6.20. The van der Waals surface area contributed by atoms with E-state index < -0.39 is 0 Å². The highest BCUT2D eigenvalue weighted by Gasteiger charge is 2.12. The molecule has 0 aliphatic rings. The first-order chi connectivity index (χ1) is 9.78. The van der Waals surface area contributed by atoms with Crippen molar-refractivity contribution in [1.82, 2.24) is 19.6 Å². The van der Waals surface area contributed by atoms with Crippen molar-refractivity contribution in [2.45, 2.75) is 13.0 Å². The summed E-state index contributed by atoms with van der Waals surface area (Å²) in [6, 6.07) is 11.2. The van der Waals surface area contributed by atoms with Gasteiger partial charge in [-0.3, -0.25) is 4.40 Å². The second kappa shape index (κ2) is 4.97. The van der Waals surface area contributed by atoms with Crippen molar-refractivity contribution in [2.75, 3.05) is 5.32 Å². The molecule has 0 fully saturated rings. The Balaban J connectivity index is 1.85. The van der Waals surface area contributed by atoms with Crippen LogP contribution in [0, 0.1) is 11.3 Å². The molecule has 0 saturated carbocycles. The van der Waals surface area contributed by atoms with Crippen molar-refractivity contribution in [1.29, 1.82) is 5.26 Å². The van der Waals surface area contributed by atoms with Crippen molar-refractivity contribution < 1.29 is 0 Å². The molecular formula is C14H12N6. The molecule has 3 aromatic rings. The Kier molecular flexibility index (Phi) is 3.01. The molecule has 0 aliphatic carbocycles. The summed E-state index contributed by atoms with van der Waals surface area (Å²) >= 11 is 0. The highest BCUT2D eigenvalue weighted by atomic mass is 15.3. The molecule has 0 radical (unpaired) electrons. The molecule has 3 rings (SSSR count). The van der Waals surface area contributed by atoms with Crippen LogP contribution >= 0.6 is 0 Å². The topological polar surface area (TPSA) is 78.9 Å². The molecule has 98 valence electrons. The minimum Gasteiger partial charge on any atom is -0.374 e. The molecule has 3 heterocycles. The lowest BCUT2D eigenvalue weighted by Crippen LogP contribution is -2.10. The van der Waals surface area contributed by atoms with E-state index in [4.69, 9.17) is 5.26 Å². The Hall–Kier alpha value is -2.94. The molecule has 0 amide bonds. The van der Waals surface area contributed by atoms with Gasteiger partial charge in [0.1, 0.15) is 11.8 Å². The Bertz CT molecular complexity index is 768. The fourth-order valence-corrected chi connectivity index (χ4v) is 2.02. The number of nitriles is 1. The van der Waals surface area contributed by atoms with Crippen LogP contribution in [0.4, 0.5) is 5.69 Å². The largest absolute Gasteiger partial charge is 0.374 e. The summed E-state index contributed by atoms with van der Waals surface area (Å²) in [6.07, 6.45) is 3.57. The highest BCUT2D eigenvalue weighted by Crippen LogP contribution is 2.17. The Morgan fingerprint density at radius 1 is 1.25 bits per heavy atom. The minimum absolute atomic E-state index is 0.0258. The third-order valence-corrected chi connectivity index (χ3v) is 2.99. The fourth-order valence-electron chi connectivity index (χ4n) is 2.02. The molecule has 1 unspecified atom stereocenters. The van der Waals surface area contributed by atoms with Gasteiger partial charge in [-0.25, -0.2) is 4.98 Å². The lowest BCUT2D eigenvalue weighted by Gasteiger charge is -2.13. The number of nitrogens with zero attached hydrogens (tertiary/aromatic N) is 5. The smallest absolute Gasteiger partial charge is 0.160 e. The standard InChI is InChI=1S/C14H12N6/c1-10(17-12-6-5-11(8-15)16-9-12)14-19-18-13-4-2-3-7-20(13)14/h2-7,9-10,17H,1H3. The summed E-state index contributed by atoms with van der Waals surface area (Å²) < 4.78 is 1.94. The van der Waals surface area contributed by atoms with Gasteiger partial charge in [-0.15, -0.1) is 10.2 Å². The first kappa shape index (κ1) is 12.1. The maximum absolute atomic E-state index is 8.72. The van der Waals surface area contributed by atoms with Gasteiger partial charge in [-0.2, -0.15) is 5.26 Å². The molecule has 0 aliphatic heterocycles. The lowest BCUT2D eigenvalue weighted by molar-refractivity contribution is 0.772.